The molecule has 1 rings (SSSR count). The summed E-state index contributed by atoms with van der Waals surface area (Å²) in [6, 6.07) is 7.69. The molecule has 0 spiro atoms. The highest BCUT2D eigenvalue weighted by Crippen LogP contribution is 2.12. The standard InChI is InChI=1S/C18H26O3/c1-4-5-12-21-18(20)11-10-17(19)16-8-6-15(7-9-16)13-14(2)3/h6-9,14H,4-5,10-13H2,1-3H3. The number of ether oxygens (including phenoxy) is 1. The predicted octanol–water partition coefficient (Wildman–Crippen LogP) is 4.19. The van der Waals surface area contributed by atoms with Crippen molar-refractivity contribution < 1.29 is 14.3 Å². The van der Waals surface area contributed by atoms with Gasteiger partial charge in [0.25, 0.3) is 0 Å². The van der Waals surface area contributed by atoms with Gasteiger partial charge in [-0.3, -0.25) is 9.59 Å². The lowest BCUT2D eigenvalue weighted by Crippen LogP contribution is -2.09. The van der Waals surface area contributed by atoms with Gasteiger partial charge in [0.1, 0.15) is 0 Å². The molecule has 0 aliphatic heterocycles. The fourth-order valence-corrected chi connectivity index (χ4v) is 2.06. The lowest BCUT2D eigenvalue weighted by Gasteiger charge is -2.06. The van der Waals surface area contributed by atoms with Crippen molar-refractivity contribution in [3.05, 3.63) is 35.4 Å². The van der Waals surface area contributed by atoms with Crippen LogP contribution in [0.5, 0.6) is 0 Å². The molecule has 1 aromatic rings. The normalized spacial score (nSPS) is 10.7. The molecule has 0 N–H and O–H groups in total. The summed E-state index contributed by atoms with van der Waals surface area (Å²) in [5, 5.41) is 0. The van der Waals surface area contributed by atoms with Crippen molar-refractivity contribution in [3.63, 3.8) is 0 Å². The smallest absolute Gasteiger partial charge is 0.306 e. The Morgan fingerprint density at radius 3 is 2.33 bits per heavy atom. The van der Waals surface area contributed by atoms with Gasteiger partial charge < -0.3 is 4.74 Å². The Balaban J connectivity index is 2.39. The van der Waals surface area contributed by atoms with Gasteiger partial charge in [0.05, 0.1) is 13.0 Å². The van der Waals surface area contributed by atoms with E-state index in [1.54, 1.807) is 0 Å². The Kier molecular flexibility index (Phi) is 7.73. The van der Waals surface area contributed by atoms with Crippen molar-refractivity contribution >= 4 is 11.8 Å². The number of esters is 1. The van der Waals surface area contributed by atoms with Gasteiger partial charge in [-0.05, 0) is 24.3 Å². The van der Waals surface area contributed by atoms with E-state index >= 15 is 0 Å². The van der Waals surface area contributed by atoms with Crippen LogP contribution in [0.4, 0.5) is 0 Å². The van der Waals surface area contributed by atoms with Gasteiger partial charge in [-0.2, -0.15) is 0 Å². The van der Waals surface area contributed by atoms with Gasteiger partial charge in [0.15, 0.2) is 5.78 Å². The van der Waals surface area contributed by atoms with Crippen molar-refractivity contribution in [3.8, 4) is 0 Å². The van der Waals surface area contributed by atoms with Crippen LogP contribution in [0.25, 0.3) is 0 Å². The highest BCUT2D eigenvalue weighted by Gasteiger charge is 2.10. The Morgan fingerprint density at radius 2 is 1.76 bits per heavy atom. The first-order valence-electron chi connectivity index (χ1n) is 7.80. The summed E-state index contributed by atoms with van der Waals surface area (Å²) in [7, 11) is 0. The molecule has 0 bridgehead atoms. The van der Waals surface area contributed by atoms with Gasteiger partial charge >= 0.3 is 5.97 Å². The fraction of sp³-hybridized carbons (Fsp3) is 0.556. The zero-order chi connectivity index (χ0) is 15.7. The maximum atomic E-state index is 12.0. The van der Waals surface area contributed by atoms with Crippen LogP contribution in [0, 0.1) is 5.92 Å². The third-order valence-electron chi connectivity index (χ3n) is 3.24. The molecule has 0 aromatic heterocycles. The number of carbonyl (C=O) groups excluding carboxylic acids is 2. The van der Waals surface area contributed by atoms with E-state index in [1.165, 1.54) is 5.56 Å². The summed E-state index contributed by atoms with van der Waals surface area (Å²) >= 11 is 0. The number of unbranched alkanes of at least 4 members (excludes halogenated alkanes) is 1. The van der Waals surface area contributed by atoms with Gasteiger partial charge in [-0.1, -0.05) is 51.5 Å². The van der Waals surface area contributed by atoms with E-state index in [0.717, 1.165) is 19.3 Å². The van der Waals surface area contributed by atoms with Crippen LogP contribution in [0.3, 0.4) is 0 Å². The molecule has 0 heterocycles. The van der Waals surface area contributed by atoms with Crippen molar-refractivity contribution in [1.82, 2.24) is 0 Å². The van der Waals surface area contributed by atoms with E-state index in [-0.39, 0.29) is 24.6 Å². The van der Waals surface area contributed by atoms with Crippen LogP contribution in [0.1, 0.15) is 62.4 Å². The van der Waals surface area contributed by atoms with Crippen molar-refractivity contribution in [2.24, 2.45) is 5.92 Å². The molecule has 0 radical (unpaired) electrons. The second kappa shape index (κ2) is 9.32. The molecule has 0 aliphatic carbocycles. The largest absolute Gasteiger partial charge is 0.466 e. The van der Waals surface area contributed by atoms with Crippen LogP contribution >= 0.6 is 0 Å². The number of ketones is 1. The SMILES string of the molecule is CCCCOC(=O)CCC(=O)c1ccc(CC(C)C)cc1. The van der Waals surface area contributed by atoms with Crippen LogP contribution < -0.4 is 0 Å². The predicted molar refractivity (Wildman–Crippen MR) is 84.4 cm³/mol. The Labute approximate surface area is 127 Å². The molecular formula is C18H26O3. The van der Waals surface area contributed by atoms with E-state index in [1.807, 2.05) is 31.2 Å². The molecule has 0 atom stereocenters. The molecule has 21 heavy (non-hydrogen) atoms. The molecule has 0 aliphatic rings. The second-order valence-electron chi connectivity index (χ2n) is 5.79. The first kappa shape index (κ1) is 17.4. The summed E-state index contributed by atoms with van der Waals surface area (Å²) < 4.78 is 5.04. The number of hydrogen-bond donors (Lipinski definition) is 0. The maximum Gasteiger partial charge on any atom is 0.306 e. The van der Waals surface area contributed by atoms with E-state index in [2.05, 4.69) is 13.8 Å². The molecule has 0 saturated carbocycles. The van der Waals surface area contributed by atoms with Crippen molar-refractivity contribution in [2.45, 2.75) is 52.9 Å². The lowest BCUT2D eigenvalue weighted by atomic mass is 9.99. The number of Topliss-reactive ketones (excluding diaryl/α,β-unsaturated/α-hetero) is 1. The molecule has 0 unspecified atom stereocenters. The Hall–Kier alpha value is -1.64. The minimum absolute atomic E-state index is 0.00135. The van der Waals surface area contributed by atoms with Gasteiger partial charge in [-0.15, -0.1) is 0 Å². The molecule has 0 amide bonds. The maximum absolute atomic E-state index is 12.0. The highest BCUT2D eigenvalue weighted by atomic mass is 16.5. The minimum Gasteiger partial charge on any atom is -0.466 e. The topological polar surface area (TPSA) is 43.4 Å². The average molecular weight is 290 g/mol. The second-order valence-corrected chi connectivity index (χ2v) is 5.79. The summed E-state index contributed by atoms with van der Waals surface area (Å²) in [5.41, 5.74) is 1.91. The van der Waals surface area contributed by atoms with Crippen LogP contribution in [0.2, 0.25) is 0 Å². The number of benzene rings is 1. The molecule has 116 valence electrons. The monoisotopic (exact) mass is 290 g/mol. The minimum atomic E-state index is -0.284. The van der Waals surface area contributed by atoms with Crippen molar-refractivity contribution in [2.75, 3.05) is 6.61 Å². The fourth-order valence-electron chi connectivity index (χ4n) is 2.06. The Morgan fingerprint density at radius 1 is 1.10 bits per heavy atom. The van der Waals surface area contributed by atoms with Crippen LogP contribution in [-0.2, 0) is 16.0 Å². The summed E-state index contributed by atoms with van der Waals surface area (Å²) in [5.74, 6) is 0.316. The molecule has 3 heteroatoms. The third kappa shape index (κ3) is 7.07. The zero-order valence-electron chi connectivity index (χ0n) is 13.4. The average Bonchev–Trinajstić information content (AvgIpc) is 2.45. The Bertz CT molecular complexity index is 446. The third-order valence-corrected chi connectivity index (χ3v) is 3.24. The summed E-state index contributed by atoms with van der Waals surface area (Å²) in [6.45, 7) is 6.83. The zero-order valence-corrected chi connectivity index (χ0v) is 13.4. The summed E-state index contributed by atoms with van der Waals surface area (Å²) in [4.78, 5) is 23.5. The van der Waals surface area contributed by atoms with E-state index < -0.39 is 0 Å². The highest BCUT2D eigenvalue weighted by molar-refractivity contribution is 5.97. The first-order valence-corrected chi connectivity index (χ1v) is 7.80. The number of hydrogen-bond acceptors (Lipinski definition) is 3. The van der Waals surface area contributed by atoms with Gasteiger partial charge in [0.2, 0.25) is 0 Å². The molecule has 0 saturated heterocycles. The molecule has 0 fully saturated rings. The van der Waals surface area contributed by atoms with E-state index in [0.29, 0.717) is 18.1 Å². The van der Waals surface area contributed by atoms with E-state index in [4.69, 9.17) is 4.74 Å². The lowest BCUT2D eigenvalue weighted by molar-refractivity contribution is -0.143. The molecule has 3 nitrogen and oxygen atoms in total. The molecule has 1 aromatic carbocycles. The number of rotatable bonds is 9. The molecular weight excluding hydrogens is 264 g/mol. The van der Waals surface area contributed by atoms with Gasteiger partial charge in [-0.25, -0.2) is 0 Å². The number of carbonyl (C=O) groups is 2. The van der Waals surface area contributed by atoms with Crippen LogP contribution in [0.15, 0.2) is 24.3 Å². The van der Waals surface area contributed by atoms with Crippen LogP contribution in [-0.4, -0.2) is 18.4 Å². The summed E-state index contributed by atoms with van der Waals surface area (Å²) in [6.07, 6.45) is 3.26. The quantitative estimate of drug-likeness (QED) is 0.389. The van der Waals surface area contributed by atoms with Crippen molar-refractivity contribution in [1.29, 1.82) is 0 Å². The van der Waals surface area contributed by atoms with E-state index in [9.17, 15) is 9.59 Å². The first-order chi connectivity index (χ1) is 10.0. The van der Waals surface area contributed by atoms with Gasteiger partial charge in [0, 0.05) is 12.0 Å².